The van der Waals surface area contributed by atoms with E-state index in [4.69, 9.17) is 26.4 Å². The molecule has 15 heteroatoms. The average molecular weight is 626 g/mol. The molecule has 12 nitrogen and oxygen atoms in total. The Kier molecular flexibility index (Phi) is 7.81. The van der Waals surface area contributed by atoms with E-state index < -0.39 is 23.8 Å². The molecule has 0 bridgehead atoms. The zero-order valence-corrected chi connectivity index (χ0v) is 24.3. The number of amides is 2. The minimum absolute atomic E-state index is 0.102. The highest BCUT2D eigenvalue weighted by Crippen LogP contribution is 2.37. The number of pyridine rings is 1. The lowest BCUT2D eigenvalue weighted by Gasteiger charge is -2.38. The summed E-state index contributed by atoms with van der Waals surface area (Å²) in [5, 5.41) is 15.0. The van der Waals surface area contributed by atoms with Crippen molar-refractivity contribution in [1.82, 2.24) is 25.1 Å². The number of fused-ring (bicyclic) bond motifs is 1. The quantitative estimate of drug-likeness (QED) is 0.379. The second kappa shape index (κ2) is 11.7. The fraction of sp³-hybridized carbons (Fsp3) is 0.286. The van der Waals surface area contributed by atoms with Gasteiger partial charge in [-0.1, -0.05) is 17.7 Å². The smallest absolute Gasteiger partial charge is 0.354 e. The first kappa shape index (κ1) is 28.7. The van der Waals surface area contributed by atoms with Gasteiger partial charge in [0, 0.05) is 60.6 Å². The summed E-state index contributed by atoms with van der Waals surface area (Å²) in [4.78, 5) is 56.2. The second-order valence-corrected chi connectivity index (χ2v) is 11.4. The molecule has 0 unspecified atom stereocenters. The van der Waals surface area contributed by atoms with Crippen LogP contribution < -0.4 is 10.2 Å². The molecule has 6 rings (SSSR count). The van der Waals surface area contributed by atoms with Crippen LogP contribution in [0.5, 0.6) is 0 Å². The molecule has 2 N–H and O–H groups in total. The van der Waals surface area contributed by atoms with Crippen LogP contribution >= 0.6 is 22.9 Å². The van der Waals surface area contributed by atoms with Crippen LogP contribution in [0.25, 0.3) is 0 Å². The number of benzene rings is 1. The molecular formula is C28H25ClFN7O5S. The minimum Gasteiger partial charge on any atom is -0.477 e. The third kappa shape index (κ3) is 5.56. The van der Waals surface area contributed by atoms with Crippen molar-refractivity contribution in [3.8, 4) is 0 Å². The SMILES string of the molecule is COC(=O)C1=C(CN2CCN3C(=O)N(c4ccc(C(=O)O)nc4)C[C@H]3C2)NC(c2nccs2)=N[C@H]1c1ccc(F)cc1Cl. The highest BCUT2D eigenvalue weighted by Gasteiger charge is 2.42. The van der Waals surface area contributed by atoms with E-state index in [2.05, 4.69) is 20.2 Å². The number of carbonyl (C=O) groups excluding carboxylic acids is 2. The number of aromatic carboxylic acids is 1. The van der Waals surface area contributed by atoms with Gasteiger partial charge in [0.25, 0.3) is 0 Å². The summed E-state index contributed by atoms with van der Waals surface area (Å²) in [6.07, 6.45) is 3.03. The summed E-state index contributed by atoms with van der Waals surface area (Å²) in [7, 11) is 1.28. The van der Waals surface area contributed by atoms with Crippen molar-refractivity contribution in [1.29, 1.82) is 0 Å². The van der Waals surface area contributed by atoms with Gasteiger partial charge < -0.3 is 20.1 Å². The number of amidine groups is 1. The largest absolute Gasteiger partial charge is 0.477 e. The lowest BCUT2D eigenvalue weighted by Crippen LogP contribution is -2.53. The number of aromatic nitrogens is 2. The number of carboxylic acids is 1. The monoisotopic (exact) mass is 625 g/mol. The van der Waals surface area contributed by atoms with Gasteiger partial charge in [-0.25, -0.2) is 28.7 Å². The van der Waals surface area contributed by atoms with E-state index in [1.165, 1.54) is 48.9 Å². The Morgan fingerprint density at radius 3 is 2.72 bits per heavy atom. The maximum absolute atomic E-state index is 13.9. The zero-order chi connectivity index (χ0) is 30.2. The molecule has 2 atom stereocenters. The predicted molar refractivity (Wildman–Crippen MR) is 156 cm³/mol. The number of halogens is 2. The number of anilines is 1. The van der Waals surface area contributed by atoms with E-state index in [0.717, 1.165) is 0 Å². The number of ether oxygens (including phenoxy) is 1. The van der Waals surface area contributed by atoms with Crippen molar-refractivity contribution in [2.24, 2.45) is 4.99 Å². The van der Waals surface area contributed by atoms with Gasteiger partial charge in [0.15, 0.2) is 10.8 Å². The van der Waals surface area contributed by atoms with Gasteiger partial charge in [-0.15, -0.1) is 11.3 Å². The third-order valence-electron chi connectivity index (χ3n) is 7.52. The van der Waals surface area contributed by atoms with Gasteiger partial charge in [0.05, 0.1) is 30.6 Å². The van der Waals surface area contributed by atoms with Crippen molar-refractivity contribution >= 4 is 52.4 Å². The summed E-state index contributed by atoms with van der Waals surface area (Å²) >= 11 is 7.82. The number of piperazine rings is 1. The van der Waals surface area contributed by atoms with E-state index >= 15 is 0 Å². The molecule has 3 aliphatic heterocycles. The van der Waals surface area contributed by atoms with Crippen molar-refractivity contribution < 1.29 is 28.6 Å². The van der Waals surface area contributed by atoms with Crippen LogP contribution in [0.2, 0.25) is 5.02 Å². The summed E-state index contributed by atoms with van der Waals surface area (Å²) < 4.78 is 19.1. The molecule has 3 aromatic rings. The van der Waals surface area contributed by atoms with Crippen molar-refractivity contribution in [3.05, 3.63) is 86.5 Å². The number of nitrogens with one attached hydrogen (secondary N) is 1. The van der Waals surface area contributed by atoms with E-state index in [-0.39, 0.29) is 28.4 Å². The molecule has 0 radical (unpaired) electrons. The number of esters is 1. The van der Waals surface area contributed by atoms with Crippen LogP contribution in [-0.4, -0.2) is 94.6 Å². The second-order valence-electron chi connectivity index (χ2n) is 10.1. The molecule has 2 amide bonds. The minimum atomic E-state index is -1.14. The molecule has 222 valence electrons. The van der Waals surface area contributed by atoms with Crippen molar-refractivity contribution in [2.75, 3.05) is 44.7 Å². The molecule has 3 aliphatic rings. The Hall–Kier alpha value is -4.40. The van der Waals surface area contributed by atoms with Gasteiger partial charge >= 0.3 is 18.0 Å². The fourth-order valence-electron chi connectivity index (χ4n) is 5.50. The maximum Gasteiger partial charge on any atom is 0.354 e. The highest BCUT2D eigenvalue weighted by atomic mass is 35.5. The number of carboxylic acid groups (broad SMARTS) is 1. The van der Waals surface area contributed by atoms with Crippen molar-refractivity contribution in [3.63, 3.8) is 0 Å². The molecule has 5 heterocycles. The van der Waals surface area contributed by atoms with Gasteiger partial charge in [0.2, 0.25) is 0 Å². The Balaban J connectivity index is 1.28. The molecule has 0 saturated carbocycles. The van der Waals surface area contributed by atoms with Gasteiger partial charge in [-0.05, 0) is 24.3 Å². The molecule has 2 aromatic heterocycles. The number of aliphatic imine (C=N–C) groups is 1. The van der Waals surface area contributed by atoms with Crippen LogP contribution in [0.4, 0.5) is 14.9 Å². The number of hydrogen-bond acceptors (Lipinski definition) is 10. The number of urea groups is 1. The average Bonchev–Trinajstić information content (AvgIpc) is 3.65. The summed E-state index contributed by atoms with van der Waals surface area (Å²) in [6, 6.07) is 5.69. The number of hydrogen-bond donors (Lipinski definition) is 2. The molecule has 2 saturated heterocycles. The molecule has 1 aromatic carbocycles. The molecule has 43 heavy (non-hydrogen) atoms. The first-order valence-corrected chi connectivity index (χ1v) is 14.5. The first-order chi connectivity index (χ1) is 20.7. The van der Waals surface area contributed by atoms with Crippen molar-refractivity contribution in [2.45, 2.75) is 12.1 Å². The van der Waals surface area contributed by atoms with Crippen LogP contribution in [0.1, 0.15) is 27.1 Å². The number of rotatable bonds is 7. The summed E-state index contributed by atoms with van der Waals surface area (Å²) in [5.74, 6) is -1.81. The van der Waals surface area contributed by atoms with E-state index in [1.807, 2.05) is 5.38 Å². The third-order valence-corrected chi connectivity index (χ3v) is 8.63. The zero-order valence-electron chi connectivity index (χ0n) is 22.7. The van der Waals surface area contributed by atoms with Crippen LogP contribution in [0.3, 0.4) is 0 Å². The molecule has 2 fully saturated rings. The van der Waals surface area contributed by atoms with E-state index in [1.54, 1.807) is 22.1 Å². The first-order valence-electron chi connectivity index (χ1n) is 13.2. The fourth-order valence-corrected chi connectivity index (χ4v) is 6.35. The number of carbonyl (C=O) groups is 3. The topological polar surface area (TPSA) is 141 Å². The van der Waals surface area contributed by atoms with Crippen LogP contribution in [0.15, 0.2) is 64.4 Å². The highest BCUT2D eigenvalue weighted by molar-refractivity contribution is 7.11. The standard InChI is InChI=1S/C28H25ClFN7O5S/c1-42-27(40)22-21(33-24(25-31-6-9-43-25)34-23(22)18-4-2-15(30)10-19(18)29)14-35-7-8-36-17(12-35)13-37(28(36)41)16-3-5-20(26(38)39)32-11-16/h2-6,9-11,17,23H,7-8,12-14H2,1H3,(H,33,34)(H,38,39)/t17-,23+/m1/s1. The Morgan fingerprint density at radius 2 is 2.05 bits per heavy atom. The Labute approximate surface area is 254 Å². The summed E-state index contributed by atoms with van der Waals surface area (Å²) in [5.41, 5.74) is 1.65. The Bertz CT molecular complexity index is 1650. The molecule has 0 aliphatic carbocycles. The van der Waals surface area contributed by atoms with Gasteiger partial charge in [0.1, 0.15) is 17.6 Å². The van der Waals surface area contributed by atoms with E-state index in [9.17, 15) is 18.8 Å². The van der Waals surface area contributed by atoms with Crippen LogP contribution in [0, 0.1) is 5.82 Å². The lowest BCUT2D eigenvalue weighted by atomic mass is 9.95. The van der Waals surface area contributed by atoms with Gasteiger partial charge in [-0.2, -0.15) is 0 Å². The molecular weight excluding hydrogens is 601 g/mol. The Morgan fingerprint density at radius 1 is 1.21 bits per heavy atom. The maximum atomic E-state index is 13.9. The molecule has 0 spiro atoms. The normalized spacial score (nSPS) is 20.5. The summed E-state index contributed by atoms with van der Waals surface area (Å²) in [6.45, 7) is 2.17. The van der Waals surface area contributed by atoms with E-state index in [0.29, 0.717) is 60.5 Å². The number of nitrogens with zero attached hydrogens (tertiary/aromatic N) is 6. The predicted octanol–water partition coefficient (Wildman–Crippen LogP) is 3.17. The lowest BCUT2D eigenvalue weighted by molar-refractivity contribution is -0.136. The van der Waals surface area contributed by atoms with Gasteiger partial charge in [-0.3, -0.25) is 14.8 Å². The number of methoxy groups -OCH3 is 1. The number of thiazole rings is 1. The van der Waals surface area contributed by atoms with Crippen LogP contribution in [-0.2, 0) is 9.53 Å².